The normalized spacial score (nSPS) is 53.7. The number of aliphatic hydroxyl groups is 2. The van der Waals surface area contributed by atoms with Crippen LogP contribution in [-0.2, 0) is 38.1 Å². The Morgan fingerprint density at radius 2 is 1.71 bits per heavy atom. The van der Waals surface area contributed by atoms with Gasteiger partial charge in [-0.2, -0.15) is 0 Å². The van der Waals surface area contributed by atoms with Gasteiger partial charge in [0.15, 0.2) is 18.2 Å². The van der Waals surface area contributed by atoms with Gasteiger partial charge in [0.05, 0.1) is 48.3 Å². The number of furan rings is 1. The Kier molecular flexibility index (Phi) is 5.86. The van der Waals surface area contributed by atoms with E-state index >= 15 is 4.79 Å². The Morgan fingerprint density at radius 3 is 2.33 bits per heavy atom. The van der Waals surface area contributed by atoms with E-state index in [4.69, 9.17) is 28.1 Å². The summed E-state index contributed by atoms with van der Waals surface area (Å²) >= 11 is 0. The second-order valence-electron chi connectivity index (χ2n) is 14.1. The first-order valence-corrected chi connectivity index (χ1v) is 14.8. The molecule has 2 saturated heterocycles. The fraction of sp³-hybridized carbons (Fsp3) is 0.774. The van der Waals surface area contributed by atoms with E-state index < -0.39 is 81.7 Å². The number of ketones is 1. The van der Waals surface area contributed by atoms with Gasteiger partial charge >= 0.3 is 11.9 Å². The van der Waals surface area contributed by atoms with Gasteiger partial charge < -0.3 is 38.3 Å². The molecule has 4 saturated carbocycles. The first-order chi connectivity index (χ1) is 19.8. The Bertz CT molecular complexity index is 1330. The van der Waals surface area contributed by atoms with Crippen molar-refractivity contribution in [3.8, 4) is 0 Å². The first kappa shape index (κ1) is 28.5. The summed E-state index contributed by atoms with van der Waals surface area (Å²) in [6.45, 7) is 8.28. The Balaban J connectivity index is 1.44. The van der Waals surface area contributed by atoms with Gasteiger partial charge in [-0.3, -0.25) is 14.4 Å². The van der Waals surface area contributed by atoms with E-state index in [-0.39, 0.29) is 37.3 Å². The van der Waals surface area contributed by atoms with E-state index in [0.29, 0.717) is 6.42 Å². The molecule has 2 bridgehead atoms. The van der Waals surface area contributed by atoms with Crippen LogP contribution in [0.3, 0.4) is 0 Å². The zero-order chi connectivity index (χ0) is 30.2. The van der Waals surface area contributed by atoms with E-state index in [0.717, 1.165) is 5.56 Å². The quantitative estimate of drug-likeness (QED) is 0.393. The molecule has 2 aliphatic heterocycles. The van der Waals surface area contributed by atoms with Gasteiger partial charge in [-0.15, -0.1) is 0 Å². The van der Waals surface area contributed by atoms with Crippen molar-refractivity contribution < 1.29 is 52.7 Å². The van der Waals surface area contributed by atoms with E-state index in [1.165, 1.54) is 21.0 Å². The molecule has 4 aliphatic carbocycles. The van der Waals surface area contributed by atoms with Crippen LogP contribution in [0.15, 0.2) is 23.0 Å². The van der Waals surface area contributed by atoms with Gasteiger partial charge in [-0.05, 0) is 30.4 Å². The first-order valence-electron chi connectivity index (χ1n) is 14.8. The van der Waals surface area contributed by atoms with Crippen molar-refractivity contribution >= 4 is 17.7 Å². The number of rotatable bonds is 4. The van der Waals surface area contributed by atoms with Crippen molar-refractivity contribution in [3.05, 3.63) is 24.2 Å². The van der Waals surface area contributed by atoms with Crippen LogP contribution in [-0.4, -0.2) is 84.1 Å². The summed E-state index contributed by atoms with van der Waals surface area (Å²) in [6.07, 6.45) is -1.20. The van der Waals surface area contributed by atoms with Gasteiger partial charge in [-0.25, -0.2) is 0 Å². The maximum atomic E-state index is 15.1. The minimum absolute atomic E-state index is 0.0200. The number of carbonyl (C=O) groups excluding carboxylic acids is 3. The molecule has 1 aromatic rings. The number of fused-ring (bicyclic) bond motifs is 1. The number of hydrogen-bond acceptors (Lipinski definition) is 11. The molecule has 14 atom stereocenters. The van der Waals surface area contributed by atoms with E-state index in [1.54, 1.807) is 12.5 Å². The molecule has 1 spiro atoms. The van der Waals surface area contributed by atoms with Crippen molar-refractivity contribution in [1.82, 2.24) is 0 Å². The molecule has 0 amide bonds. The number of ether oxygens (including phenoxy) is 5. The highest BCUT2D eigenvalue weighted by molar-refractivity contribution is 5.93. The summed E-state index contributed by atoms with van der Waals surface area (Å²) in [5.41, 5.74) is -4.51. The summed E-state index contributed by atoms with van der Waals surface area (Å²) in [4.78, 5) is 39.9. The number of hydrogen-bond donors (Lipinski definition) is 2. The Labute approximate surface area is 244 Å². The molecular weight excluding hydrogens is 548 g/mol. The SMILES string of the molecule is COC1OC[C@@]23[C@H]4C(=O)[C@H](OC(C)=O)[C@@]5(C)[C@H](c6ccoc6)C[C@H]6O[C@]65[C@]4(C)[C@H](O)C[C@H]2[C@]1(C)[C@H](OC(C)=O)C[C@@H]3O. The van der Waals surface area contributed by atoms with E-state index in [2.05, 4.69) is 0 Å². The van der Waals surface area contributed by atoms with Crippen LogP contribution in [0, 0.1) is 33.5 Å². The molecule has 7 rings (SSSR count). The van der Waals surface area contributed by atoms with Crippen molar-refractivity contribution in [2.45, 2.75) is 102 Å². The van der Waals surface area contributed by atoms with Crippen molar-refractivity contribution in [3.63, 3.8) is 0 Å². The summed E-state index contributed by atoms with van der Waals surface area (Å²) in [7, 11) is 1.51. The third-order valence-electron chi connectivity index (χ3n) is 12.8. The maximum Gasteiger partial charge on any atom is 0.303 e. The van der Waals surface area contributed by atoms with Crippen LogP contribution in [0.5, 0.6) is 0 Å². The topological polar surface area (TPSA) is 154 Å². The number of carbonyl (C=O) groups is 3. The molecule has 42 heavy (non-hydrogen) atoms. The number of methoxy groups -OCH3 is 1. The molecule has 6 aliphatic rings. The molecular formula is C31H40O11. The third-order valence-corrected chi connectivity index (χ3v) is 12.8. The number of epoxide rings is 1. The molecule has 1 aromatic heterocycles. The number of Topliss-reactive ketones (excluding diaryl/α,β-unsaturated/α-hetero) is 1. The minimum atomic E-state index is -1.20. The second-order valence-corrected chi connectivity index (χ2v) is 14.1. The molecule has 0 aromatic carbocycles. The van der Waals surface area contributed by atoms with E-state index in [1.807, 2.05) is 26.8 Å². The van der Waals surface area contributed by atoms with Crippen LogP contribution in [0.1, 0.15) is 65.4 Å². The highest BCUT2D eigenvalue weighted by atomic mass is 16.7. The zero-order valence-corrected chi connectivity index (χ0v) is 24.8. The Morgan fingerprint density at radius 1 is 1.00 bits per heavy atom. The molecule has 11 nitrogen and oxygen atoms in total. The summed E-state index contributed by atoms with van der Waals surface area (Å²) < 4.78 is 35.9. The molecule has 6 fully saturated rings. The smallest absolute Gasteiger partial charge is 0.303 e. The van der Waals surface area contributed by atoms with Crippen LogP contribution in [0.4, 0.5) is 0 Å². The van der Waals surface area contributed by atoms with Gasteiger partial charge in [0.2, 0.25) is 0 Å². The molecule has 11 heteroatoms. The highest BCUT2D eigenvalue weighted by Gasteiger charge is 2.92. The molecule has 3 heterocycles. The largest absolute Gasteiger partial charge is 0.472 e. The average Bonchev–Trinajstić information content (AvgIpc) is 3.28. The van der Waals surface area contributed by atoms with Crippen molar-refractivity contribution in [2.24, 2.45) is 33.5 Å². The van der Waals surface area contributed by atoms with Crippen LogP contribution < -0.4 is 0 Å². The second kappa shape index (κ2) is 8.65. The van der Waals surface area contributed by atoms with Crippen LogP contribution in [0.25, 0.3) is 0 Å². The summed E-state index contributed by atoms with van der Waals surface area (Å²) in [5, 5.41) is 24.4. The monoisotopic (exact) mass is 588 g/mol. The van der Waals surface area contributed by atoms with Gasteiger partial charge in [-0.1, -0.05) is 20.8 Å². The number of aliphatic hydroxyl groups excluding tert-OH is 2. The maximum absolute atomic E-state index is 15.1. The van der Waals surface area contributed by atoms with Crippen molar-refractivity contribution in [2.75, 3.05) is 13.7 Å². The summed E-state index contributed by atoms with van der Waals surface area (Å²) in [6, 6.07) is 1.86. The van der Waals surface area contributed by atoms with Gasteiger partial charge in [0.1, 0.15) is 11.7 Å². The van der Waals surface area contributed by atoms with Crippen LogP contribution in [0.2, 0.25) is 0 Å². The number of esters is 2. The fourth-order valence-electron chi connectivity index (χ4n) is 11.3. The van der Waals surface area contributed by atoms with Gasteiger partial charge in [0, 0.05) is 50.0 Å². The average molecular weight is 589 g/mol. The summed E-state index contributed by atoms with van der Waals surface area (Å²) in [5.74, 6) is -3.23. The standard InChI is InChI=1S/C31H40O11/c1-14(32)40-21-11-20(35)30-13-39-26(37-6)27(21,3)18(30)10-19(34)29(5)24(30)23(36)25(41-15(2)33)28(4)17(16-7-8-38-12-16)9-22-31(28,29)42-22/h7-8,12,17-22,24-26,34-35H,9-11,13H2,1-6H3/t17-,18-,19+,20-,21+,22+,24-,25-,26?,27+,28+,29+,30+,31+/m0/s1. The van der Waals surface area contributed by atoms with Gasteiger partial charge in [0.25, 0.3) is 0 Å². The lowest BCUT2D eigenvalue weighted by molar-refractivity contribution is -0.377. The lowest BCUT2D eigenvalue weighted by Crippen LogP contribution is -2.82. The predicted molar refractivity (Wildman–Crippen MR) is 142 cm³/mol. The van der Waals surface area contributed by atoms with Crippen LogP contribution >= 0.6 is 0 Å². The molecule has 0 radical (unpaired) electrons. The molecule has 2 N–H and O–H groups in total. The zero-order valence-electron chi connectivity index (χ0n) is 24.8. The third kappa shape index (κ3) is 2.93. The predicted octanol–water partition coefficient (Wildman–Crippen LogP) is 2.12. The Hall–Kier alpha value is -2.31. The fourth-order valence-corrected chi connectivity index (χ4v) is 11.3. The van der Waals surface area contributed by atoms with Crippen molar-refractivity contribution in [1.29, 1.82) is 0 Å². The lowest BCUT2D eigenvalue weighted by Gasteiger charge is -2.73. The lowest BCUT2D eigenvalue weighted by atomic mass is 9.33. The molecule has 230 valence electrons. The molecule has 1 unspecified atom stereocenters. The highest BCUT2D eigenvalue weighted by Crippen LogP contribution is 2.82. The van der Waals surface area contributed by atoms with E-state index in [9.17, 15) is 19.8 Å². The minimum Gasteiger partial charge on any atom is -0.472 e.